The molecule has 22 nitrogen and oxygen atoms in total. The molecule has 8 amide bonds. The summed E-state index contributed by atoms with van der Waals surface area (Å²) < 4.78 is 33.2. The van der Waals surface area contributed by atoms with Crippen molar-refractivity contribution in [2.75, 3.05) is 80.0 Å². The largest absolute Gasteiger partial charge is 0.507 e. The van der Waals surface area contributed by atoms with Crippen LogP contribution in [-0.2, 0) is 39.8 Å². The molecule has 3 heterocycles. The number of nitrogens with one attached hydrogen (secondary N) is 4. The number of phenols is 1. The van der Waals surface area contributed by atoms with Crippen molar-refractivity contribution < 1.29 is 71.7 Å². The van der Waals surface area contributed by atoms with Crippen LogP contribution in [0, 0.1) is 0 Å². The minimum atomic E-state index is -1.12. The van der Waals surface area contributed by atoms with E-state index in [0.29, 0.717) is 17.7 Å². The predicted octanol–water partition coefficient (Wildman–Crippen LogP) is 1.31. The average molecular weight is 954 g/mol. The van der Waals surface area contributed by atoms with Crippen LogP contribution in [0.25, 0.3) is 11.3 Å². The third-order valence-corrected chi connectivity index (χ3v) is 11.2. The lowest BCUT2D eigenvalue weighted by molar-refractivity contribution is -0.136. The fraction of sp³-hybridized carbons (Fsp3) is 0.383. The number of imide groups is 2. The minimum absolute atomic E-state index is 0.00795. The molecule has 69 heavy (non-hydrogen) atoms. The van der Waals surface area contributed by atoms with E-state index in [4.69, 9.17) is 28.2 Å². The molecule has 4 aromatic rings. The number of benzene rings is 3. The van der Waals surface area contributed by atoms with Crippen molar-refractivity contribution >= 4 is 47.3 Å². The summed E-state index contributed by atoms with van der Waals surface area (Å²) in [6.45, 7) is 1.30. The van der Waals surface area contributed by atoms with Gasteiger partial charge in [0.1, 0.15) is 23.3 Å². The Kier molecular flexibility index (Phi) is 16.3. The first-order valence-corrected chi connectivity index (χ1v) is 22.1. The highest BCUT2D eigenvalue weighted by atomic mass is 16.5. The number of hydrogen-bond acceptors (Lipinski definition) is 16. The van der Waals surface area contributed by atoms with Gasteiger partial charge in [-0.1, -0.05) is 23.4 Å². The molecule has 7 rings (SSSR count). The molecule has 3 aliphatic rings. The predicted molar refractivity (Wildman–Crippen MR) is 239 cm³/mol. The lowest BCUT2D eigenvalue weighted by Gasteiger charge is -2.27. The van der Waals surface area contributed by atoms with Gasteiger partial charge in [0.2, 0.25) is 11.8 Å². The second kappa shape index (κ2) is 22.9. The molecule has 0 saturated carbocycles. The van der Waals surface area contributed by atoms with Crippen LogP contribution in [-0.4, -0.2) is 153 Å². The van der Waals surface area contributed by atoms with Crippen molar-refractivity contribution in [3.05, 3.63) is 94.2 Å². The standard InChI is InChI=1S/C47H51N7O15/c1-53(2)45(61)30-10-7-28(22-36(30)55)38-24-34(52-69-38)43(59)50-33-11-8-27-6-9-29(23-32(27)33)67-25-40(57)48-14-16-64-18-20-66-21-19-65-17-15-49-41(58)26-68-37-5-3-4-31-42(37)47(63)54(46(31)62)35-12-13-39(56)51-44(35)60/h3-7,9-10,22-24,33,35,55H,8,11-21,25-26H2,1-2H3,(H,48,57)(H,49,58)(H,50,59)(H,51,56,60)/t33-,35?/m1/s1. The molecule has 1 aromatic heterocycles. The van der Waals surface area contributed by atoms with Crippen molar-refractivity contribution in [3.63, 3.8) is 0 Å². The molecule has 0 spiro atoms. The Bertz CT molecular complexity index is 2610. The van der Waals surface area contributed by atoms with Crippen LogP contribution in [0.4, 0.5) is 0 Å². The highest BCUT2D eigenvalue weighted by molar-refractivity contribution is 6.24. The average Bonchev–Trinajstić information content (AvgIpc) is 4.05. The van der Waals surface area contributed by atoms with Crippen molar-refractivity contribution in [2.45, 2.75) is 37.8 Å². The van der Waals surface area contributed by atoms with Crippen molar-refractivity contribution in [2.24, 2.45) is 0 Å². The molecule has 0 radical (unpaired) electrons. The van der Waals surface area contributed by atoms with Gasteiger partial charge in [-0.05, 0) is 66.8 Å². The fourth-order valence-electron chi connectivity index (χ4n) is 7.74. The molecule has 2 aliphatic heterocycles. The number of piperidine rings is 1. The van der Waals surface area contributed by atoms with Gasteiger partial charge in [0.15, 0.2) is 24.7 Å². The van der Waals surface area contributed by atoms with Crippen molar-refractivity contribution in [1.29, 1.82) is 0 Å². The quantitative estimate of drug-likeness (QED) is 0.0518. The first-order valence-electron chi connectivity index (χ1n) is 22.1. The van der Waals surface area contributed by atoms with Crippen LogP contribution in [0.1, 0.15) is 78.0 Å². The normalized spacial score (nSPS) is 16.1. The summed E-state index contributed by atoms with van der Waals surface area (Å²) in [4.78, 5) is 102. The zero-order chi connectivity index (χ0) is 49.0. The highest BCUT2D eigenvalue weighted by Crippen LogP contribution is 2.36. The Labute approximate surface area is 394 Å². The van der Waals surface area contributed by atoms with E-state index in [1.807, 2.05) is 6.07 Å². The van der Waals surface area contributed by atoms with E-state index in [2.05, 4.69) is 26.4 Å². The number of phenolic OH excluding ortho intramolecular Hbond substituents is 1. The zero-order valence-electron chi connectivity index (χ0n) is 37.8. The van der Waals surface area contributed by atoms with Crippen LogP contribution in [0.5, 0.6) is 17.2 Å². The number of rotatable bonds is 23. The first kappa shape index (κ1) is 49.2. The Balaban J connectivity index is 0.706. The summed E-state index contributed by atoms with van der Waals surface area (Å²) in [5.41, 5.74) is 2.51. The molecule has 1 aliphatic carbocycles. The maximum Gasteiger partial charge on any atom is 0.273 e. The van der Waals surface area contributed by atoms with Gasteiger partial charge < -0.3 is 54.2 Å². The van der Waals surface area contributed by atoms with E-state index in [0.717, 1.165) is 22.4 Å². The molecule has 2 atom stereocenters. The van der Waals surface area contributed by atoms with Gasteiger partial charge in [0.25, 0.3) is 35.4 Å². The van der Waals surface area contributed by atoms with Crippen LogP contribution in [0.3, 0.4) is 0 Å². The van der Waals surface area contributed by atoms with E-state index in [1.54, 1.807) is 32.3 Å². The van der Waals surface area contributed by atoms with Crippen LogP contribution in [0.15, 0.2) is 65.2 Å². The van der Waals surface area contributed by atoms with Gasteiger partial charge in [-0.15, -0.1) is 0 Å². The highest BCUT2D eigenvalue weighted by Gasteiger charge is 2.46. The van der Waals surface area contributed by atoms with Gasteiger partial charge in [0.05, 0.1) is 62.4 Å². The Morgan fingerprint density at radius 2 is 1.51 bits per heavy atom. The number of carbonyl (C=O) groups excluding carboxylic acids is 8. The summed E-state index contributed by atoms with van der Waals surface area (Å²) in [6, 6.07) is 14.3. The number of aryl methyl sites for hydroxylation is 1. The Hall–Kier alpha value is -7.69. The lowest BCUT2D eigenvalue weighted by Crippen LogP contribution is -2.54. The molecule has 1 fully saturated rings. The third kappa shape index (κ3) is 12.3. The lowest BCUT2D eigenvalue weighted by atomic mass is 10.0. The Morgan fingerprint density at radius 3 is 2.19 bits per heavy atom. The zero-order valence-corrected chi connectivity index (χ0v) is 37.8. The minimum Gasteiger partial charge on any atom is -0.507 e. The van der Waals surface area contributed by atoms with Crippen molar-refractivity contribution in [1.82, 2.24) is 36.2 Å². The third-order valence-electron chi connectivity index (χ3n) is 11.2. The molecule has 5 N–H and O–H groups in total. The second-order valence-electron chi connectivity index (χ2n) is 16.2. The van der Waals surface area contributed by atoms with Crippen molar-refractivity contribution in [3.8, 4) is 28.6 Å². The summed E-state index contributed by atoms with van der Waals surface area (Å²) in [5.74, 6) is -3.77. The molecule has 0 bridgehead atoms. The number of hydrogen-bond donors (Lipinski definition) is 5. The molecule has 3 aromatic carbocycles. The summed E-state index contributed by atoms with van der Waals surface area (Å²) in [5, 5.41) is 24.8. The molecule has 1 unspecified atom stereocenters. The topological polar surface area (TPSA) is 284 Å². The molecular weight excluding hydrogens is 903 g/mol. The van der Waals surface area contributed by atoms with Crippen LogP contribution >= 0.6 is 0 Å². The number of aromatic hydroxyl groups is 1. The monoisotopic (exact) mass is 953 g/mol. The Morgan fingerprint density at radius 1 is 0.812 bits per heavy atom. The summed E-state index contributed by atoms with van der Waals surface area (Å²) in [6.07, 6.45) is 1.39. The fourth-order valence-corrected chi connectivity index (χ4v) is 7.74. The van der Waals surface area contributed by atoms with E-state index in [1.165, 1.54) is 41.3 Å². The number of aromatic nitrogens is 1. The number of carbonyl (C=O) groups is 8. The summed E-state index contributed by atoms with van der Waals surface area (Å²) in [7, 11) is 3.16. The smallest absolute Gasteiger partial charge is 0.273 e. The number of amides is 8. The molecule has 22 heteroatoms. The van der Waals surface area contributed by atoms with Crippen LogP contribution in [0.2, 0.25) is 0 Å². The van der Waals surface area contributed by atoms with Gasteiger partial charge in [-0.25, -0.2) is 0 Å². The van der Waals surface area contributed by atoms with E-state index in [9.17, 15) is 43.5 Å². The maximum atomic E-state index is 13.2. The van der Waals surface area contributed by atoms with Gasteiger partial charge in [-0.3, -0.25) is 48.6 Å². The van der Waals surface area contributed by atoms with Gasteiger partial charge >= 0.3 is 0 Å². The second-order valence-corrected chi connectivity index (χ2v) is 16.2. The summed E-state index contributed by atoms with van der Waals surface area (Å²) >= 11 is 0. The molecule has 1 saturated heterocycles. The number of fused-ring (bicyclic) bond motifs is 2. The SMILES string of the molecule is CN(C)C(=O)c1ccc(-c2cc(C(=O)N[C@@H]3CCc4ccc(OCC(=O)NCCOCCOCCOCCNC(=O)COc5cccc6c5C(=O)N(C5CCC(=O)NC5=O)C6=O)cc43)no2)cc1O. The van der Waals surface area contributed by atoms with Crippen LogP contribution < -0.4 is 30.7 Å². The molecule has 364 valence electrons. The van der Waals surface area contributed by atoms with E-state index in [-0.39, 0.29) is 130 Å². The van der Waals surface area contributed by atoms with Gasteiger partial charge in [0, 0.05) is 45.2 Å². The van der Waals surface area contributed by atoms with Gasteiger partial charge in [-0.2, -0.15) is 0 Å². The first-order chi connectivity index (χ1) is 33.3. The maximum absolute atomic E-state index is 13.2. The van der Waals surface area contributed by atoms with E-state index < -0.39 is 48.1 Å². The number of ether oxygens (including phenoxy) is 5. The molecular formula is C47H51N7O15. The van der Waals surface area contributed by atoms with E-state index >= 15 is 0 Å². The number of nitrogens with zero attached hydrogens (tertiary/aromatic N) is 3.